The summed E-state index contributed by atoms with van der Waals surface area (Å²) in [5, 5.41) is 3.86. The second-order valence-corrected chi connectivity index (χ2v) is 7.20. The van der Waals surface area contributed by atoms with Gasteiger partial charge >= 0.3 is 0 Å². The van der Waals surface area contributed by atoms with Crippen LogP contribution in [0.3, 0.4) is 0 Å². The summed E-state index contributed by atoms with van der Waals surface area (Å²) in [7, 11) is 0. The molecule has 0 unspecified atom stereocenters. The van der Waals surface area contributed by atoms with Crippen molar-refractivity contribution in [1.82, 2.24) is 10.2 Å². The van der Waals surface area contributed by atoms with E-state index in [0.29, 0.717) is 18.0 Å². The Bertz CT molecular complexity index is 647. The van der Waals surface area contributed by atoms with E-state index in [1.54, 1.807) is 12.1 Å². The molecule has 2 aromatic carbocycles. The van der Waals surface area contributed by atoms with Crippen molar-refractivity contribution in [2.24, 2.45) is 0 Å². The Labute approximate surface area is 143 Å². The molecule has 2 aromatic rings. The summed E-state index contributed by atoms with van der Waals surface area (Å²) in [6, 6.07) is 19.1. The molecule has 2 fully saturated rings. The van der Waals surface area contributed by atoms with Crippen LogP contribution in [0.2, 0.25) is 0 Å². The first-order chi connectivity index (χ1) is 11.8. The molecule has 2 aliphatic rings. The standard InChI is InChI=1S/C21H25FN2/c22-18-8-6-16(7-9-18)15-24-12-10-19(11-13-24)23-21-14-20(21)17-4-2-1-3-5-17/h1-9,19-21,23H,10-15H2/t20-,21+/m0/s1. The number of hydrogen-bond acceptors (Lipinski definition) is 2. The van der Waals surface area contributed by atoms with Gasteiger partial charge in [-0.1, -0.05) is 42.5 Å². The van der Waals surface area contributed by atoms with E-state index < -0.39 is 0 Å². The minimum absolute atomic E-state index is 0.154. The Kier molecular flexibility index (Phi) is 4.63. The lowest BCUT2D eigenvalue weighted by atomic mass is 10.0. The summed E-state index contributed by atoms with van der Waals surface area (Å²) in [5.74, 6) is 0.558. The average molecular weight is 324 g/mol. The fourth-order valence-electron chi connectivity index (χ4n) is 3.86. The van der Waals surface area contributed by atoms with Crippen LogP contribution in [-0.2, 0) is 6.54 Å². The van der Waals surface area contributed by atoms with Crippen LogP contribution in [0, 0.1) is 5.82 Å². The van der Waals surface area contributed by atoms with Gasteiger partial charge in [-0.3, -0.25) is 4.90 Å². The van der Waals surface area contributed by atoms with Crippen LogP contribution in [-0.4, -0.2) is 30.1 Å². The lowest BCUT2D eigenvalue weighted by Crippen LogP contribution is -2.43. The molecule has 1 N–H and O–H groups in total. The number of likely N-dealkylation sites (tertiary alicyclic amines) is 1. The molecule has 1 heterocycles. The van der Waals surface area contributed by atoms with Crippen molar-refractivity contribution in [3.63, 3.8) is 0 Å². The monoisotopic (exact) mass is 324 g/mol. The third-order valence-electron chi connectivity index (χ3n) is 5.37. The third-order valence-corrected chi connectivity index (χ3v) is 5.37. The van der Waals surface area contributed by atoms with Gasteiger partial charge in [0.2, 0.25) is 0 Å². The van der Waals surface area contributed by atoms with Gasteiger partial charge in [0.25, 0.3) is 0 Å². The van der Waals surface area contributed by atoms with Crippen molar-refractivity contribution in [3.8, 4) is 0 Å². The largest absolute Gasteiger partial charge is 0.311 e. The zero-order chi connectivity index (χ0) is 16.4. The number of nitrogens with one attached hydrogen (secondary N) is 1. The third kappa shape index (κ3) is 3.85. The van der Waals surface area contributed by atoms with Crippen LogP contribution >= 0.6 is 0 Å². The van der Waals surface area contributed by atoms with E-state index in [4.69, 9.17) is 0 Å². The van der Waals surface area contributed by atoms with E-state index in [-0.39, 0.29) is 5.82 Å². The van der Waals surface area contributed by atoms with Crippen LogP contribution in [0.25, 0.3) is 0 Å². The summed E-state index contributed by atoms with van der Waals surface area (Å²) in [4.78, 5) is 2.48. The highest BCUT2D eigenvalue weighted by Crippen LogP contribution is 2.41. The van der Waals surface area contributed by atoms with Crippen LogP contribution in [0.4, 0.5) is 4.39 Å². The van der Waals surface area contributed by atoms with Crippen molar-refractivity contribution >= 4 is 0 Å². The fraction of sp³-hybridized carbons (Fsp3) is 0.429. The number of benzene rings is 2. The van der Waals surface area contributed by atoms with Gasteiger partial charge in [0.1, 0.15) is 5.82 Å². The summed E-state index contributed by atoms with van der Waals surface area (Å²) < 4.78 is 13.0. The van der Waals surface area contributed by atoms with Crippen molar-refractivity contribution in [2.75, 3.05) is 13.1 Å². The number of nitrogens with zero attached hydrogens (tertiary/aromatic N) is 1. The van der Waals surface area contributed by atoms with Gasteiger partial charge in [0.05, 0.1) is 0 Å². The second-order valence-electron chi connectivity index (χ2n) is 7.20. The molecule has 2 atom stereocenters. The number of piperidine rings is 1. The van der Waals surface area contributed by atoms with Gasteiger partial charge in [-0.15, -0.1) is 0 Å². The van der Waals surface area contributed by atoms with Gasteiger partial charge in [-0.05, 0) is 55.6 Å². The van der Waals surface area contributed by atoms with Crippen LogP contribution in [0.5, 0.6) is 0 Å². The van der Waals surface area contributed by atoms with E-state index in [2.05, 4.69) is 40.5 Å². The lowest BCUT2D eigenvalue weighted by molar-refractivity contribution is 0.189. The minimum atomic E-state index is -0.154. The minimum Gasteiger partial charge on any atom is -0.311 e. The molecule has 0 aromatic heterocycles. The molecule has 4 rings (SSSR count). The SMILES string of the molecule is Fc1ccc(CN2CCC(N[C@@H]3C[C@H]3c3ccccc3)CC2)cc1. The second kappa shape index (κ2) is 7.04. The first kappa shape index (κ1) is 15.8. The molecule has 0 radical (unpaired) electrons. The zero-order valence-electron chi connectivity index (χ0n) is 14.0. The highest BCUT2D eigenvalue weighted by Gasteiger charge is 2.39. The number of halogens is 1. The Morgan fingerprint density at radius 1 is 0.958 bits per heavy atom. The topological polar surface area (TPSA) is 15.3 Å². The molecule has 3 heteroatoms. The smallest absolute Gasteiger partial charge is 0.123 e. The normalized spacial score (nSPS) is 24.9. The van der Waals surface area contributed by atoms with Gasteiger partial charge < -0.3 is 5.32 Å². The predicted octanol–water partition coefficient (Wildman–Crippen LogP) is 3.94. The van der Waals surface area contributed by atoms with Crippen molar-refractivity contribution in [3.05, 3.63) is 71.5 Å². The maximum absolute atomic E-state index is 13.0. The molecule has 0 amide bonds. The van der Waals surface area contributed by atoms with E-state index >= 15 is 0 Å². The molecule has 1 saturated heterocycles. The maximum atomic E-state index is 13.0. The number of hydrogen-bond donors (Lipinski definition) is 1. The van der Waals surface area contributed by atoms with Crippen molar-refractivity contribution < 1.29 is 4.39 Å². The summed E-state index contributed by atoms with van der Waals surface area (Å²) in [5.41, 5.74) is 2.68. The fourth-order valence-corrected chi connectivity index (χ4v) is 3.86. The Hall–Kier alpha value is -1.71. The predicted molar refractivity (Wildman–Crippen MR) is 95.4 cm³/mol. The molecule has 0 bridgehead atoms. The highest BCUT2D eigenvalue weighted by molar-refractivity contribution is 5.27. The molecular weight excluding hydrogens is 299 g/mol. The van der Waals surface area contributed by atoms with Crippen molar-refractivity contribution in [1.29, 1.82) is 0 Å². The van der Waals surface area contributed by atoms with E-state index in [1.165, 1.54) is 30.4 Å². The van der Waals surface area contributed by atoms with Crippen LogP contribution in [0.15, 0.2) is 54.6 Å². The van der Waals surface area contributed by atoms with Crippen molar-refractivity contribution in [2.45, 2.75) is 43.8 Å². The van der Waals surface area contributed by atoms with Gasteiger partial charge in [-0.2, -0.15) is 0 Å². The van der Waals surface area contributed by atoms with E-state index in [1.807, 2.05) is 12.1 Å². The van der Waals surface area contributed by atoms with Gasteiger partial charge in [0.15, 0.2) is 0 Å². The van der Waals surface area contributed by atoms with Crippen LogP contribution < -0.4 is 5.32 Å². The Morgan fingerprint density at radius 3 is 2.38 bits per heavy atom. The lowest BCUT2D eigenvalue weighted by Gasteiger charge is -2.32. The zero-order valence-corrected chi connectivity index (χ0v) is 14.0. The molecule has 1 aliphatic heterocycles. The first-order valence-corrected chi connectivity index (χ1v) is 9.06. The summed E-state index contributed by atoms with van der Waals surface area (Å²) in [6.45, 7) is 3.18. The summed E-state index contributed by atoms with van der Waals surface area (Å²) in [6.07, 6.45) is 3.69. The molecule has 1 aliphatic carbocycles. The summed E-state index contributed by atoms with van der Waals surface area (Å²) >= 11 is 0. The van der Waals surface area contributed by atoms with Gasteiger partial charge in [0, 0.05) is 24.5 Å². The molecule has 126 valence electrons. The molecule has 2 nitrogen and oxygen atoms in total. The number of rotatable bonds is 5. The molecular formula is C21H25FN2. The molecule has 0 spiro atoms. The van der Waals surface area contributed by atoms with Gasteiger partial charge in [-0.25, -0.2) is 4.39 Å². The first-order valence-electron chi connectivity index (χ1n) is 9.06. The average Bonchev–Trinajstić information content (AvgIpc) is 3.39. The molecule has 1 saturated carbocycles. The van der Waals surface area contributed by atoms with E-state index in [9.17, 15) is 4.39 Å². The highest BCUT2D eigenvalue weighted by atomic mass is 19.1. The quantitative estimate of drug-likeness (QED) is 0.896. The van der Waals surface area contributed by atoms with Crippen LogP contribution in [0.1, 0.15) is 36.3 Å². The Balaban J connectivity index is 1.22. The molecule has 24 heavy (non-hydrogen) atoms. The maximum Gasteiger partial charge on any atom is 0.123 e. The Morgan fingerprint density at radius 2 is 1.67 bits per heavy atom. The van der Waals surface area contributed by atoms with E-state index in [0.717, 1.165) is 19.6 Å².